The molecule has 1 aromatic carbocycles. The van der Waals surface area contributed by atoms with Crippen LogP contribution >= 0.6 is 0 Å². The van der Waals surface area contributed by atoms with Gasteiger partial charge < -0.3 is 11.1 Å². The van der Waals surface area contributed by atoms with Gasteiger partial charge in [0.2, 0.25) is 0 Å². The predicted octanol–water partition coefficient (Wildman–Crippen LogP) is 2.23. The van der Waals surface area contributed by atoms with Crippen LogP contribution in [0.1, 0.15) is 5.69 Å². The summed E-state index contributed by atoms with van der Waals surface area (Å²) < 4.78 is 0. The van der Waals surface area contributed by atoms with Crippen LogP contribution in [0.2, 0.25) is 0 Å². The number of benzene rings is 1. The highest BCUT2D eigenvalue weighted by atomic mass is 16.6. The summed E-state index contributed by atoms with van der Waals surface area (Å²) in [5, 5.41) is 13.8. The van der Waals surface area contributed by atoms with Crippen molar-refractivity contribution in [1.82, 2.24) is 4.98 Å². The molecule has 3 N–H and O–H groups in total. The molecule has 0 bridgehead atoms. The lowest BCUT2D eigenvalue weighted by molar-refractivity contribution is -0.384. The number of aromatic nitrogens is 1. The van der Waals surface area contributed by atoms with Crippen LogP contribution in [0.25, 0.3) is 0 Å². The first-order valence-corrected chi connectivity index (χ1v) is 5.84. The lowest BCUT2D eigenvalue weighted by Crippen LogP contribution is -2.06. The minimum Gasteiger partial charge on any atom is -0.398 e. The second-order valence-corrected chi connectivity index (χ2v) is 4.07. The fourth-order valence-corrected chi connectivity index (χ4v) is 1.72. The number of hydrogen-bond donors (Lipinski definition) is 2. The molecule has 2 rings (SSSR count). The van der Waals surface area contributed by atoms with E-state index >= 15 is 0 Å². The van der Waals surface area contributed by atoms with E-state index in [0.717, 1.165) is 12.1 Å². The Morgan fingerprint density at radius 1 is 1.32 bits per heavy atom. The molecular weight excluding hydrogens is 244 g/mol. The number of nitro groups is 1. The van der Waals surface area contributed by atoms with Gasteiger partial charge in [0.15, 0.2) is 0 Å². The maximum Gasteiger partial charge on any atom is 0.273 e. The second kappa shape index (κ2) is 5.81. The zero-order valence-electron chi connectivity index (χ0n) is 10.2. The molecule has 0 radical (unpaired) electrons. The van der Waals surface area contributed by atoms with Crippen LogP contribution in [-0.4, -0.2) is 16.5 Å². The average Bonchev–Trinajstić information content (AvgIpc) is 2.39. The SMILES string of the molecule is Nc1cc(NCCc2ccccn2)cc([N+](=O)[O-])c1. The maximum atomic E-state index is 10.7. The smallest absolute Gasteiger partial charge is 0.273 e. The number of non-ortho nitro benzene ring substituents is 1. The Morgan fingerprint density at radius 3 is 2.84 bits per heavy atom. The number of rotatable bonds is 5. The number of anilines is 2. The van der Waals surface area contributed by atoms with Crippen molar-refractivity contribution in [2.24, 2.45) is 0 Å². The normalized spacial score (nSPS) is 10.1. The van der Waals surface area contributed by atoms with Crippen molar-refractivity contribution in [3.63, 3.8) is 0 Å². The van der Waals surface area contributed by atoms with Crippen molar-refractivity contribution in [3.8, 4) is 0 Å². The quantitative estimate of drug-likeness (QED) is 0.487. The molecule has 19 heavy (non-hydrogen) atoms. The van der Waals surface area contributed by atoms with Crippen molar-refractivity contribution < 1.29 is 4.92 Å². The zero-order chi connectivity index (χ0) is 13.7. The minimum atomic E-state index is -0.458. The summed E-state index contributed by atoms with van der Waals surface area (Å²) in [4.78, 5) is 14.5. The molecule has 0 aliphatic carbocycles. The Hall–Kier alpha value is -2.63. The fraction of sp³-hybridized carbons (Fsp3) is 0.154. The van der Waals surface area contributed by atoms with Crippen LogP contribution < -0.4 is 11.1 Å². The highest BCUT2D eigenvalue weighted by Crippen LogP contribution is 2.22. The van der Waals surface area contributed by atoms with Gasteiger partial charge in [-0.3, -0.25) is 15.1 Å². The first kappa shape index (κ1) is 12.8. The third kappa shape index (κ3) is 3.67. The molecule has 2 aromatic rings. The van der Waals surface area contributed by atoms with Crippen LogP contribution in [-0.2, 0) is 6.42 Å². The number of pyridine rings is 1. The van der Waals surface area contributed by atoms with Crippen molar-refractivity contribution in [1.29, 1.82) is 0 Å². The molecule has 6 heteroatoms. The van der Waals surface area contributed by atoms with Crippen molar-refractivity contribution in [2.75, 3.05) is 17.6 Å². The van der Waals surface area contributed by atoms with Gasteiger partial charge in [-0.15, -0.1) is 0 Å². The molecule has 6 nitrogen and oxygen atoms in total. The van der Waals surface area contributed by atoms with Crippen LogP contribution in [0.3, 0.4) is 0 Å². The van der Waals surface area contributed by atoms with Crippen molar-refractivity contribution in [2.45, 2.75) is 6.42 Å². The molecule has 1 heterocycles. The van der Waals surface area contributed by atoms with Gasteiger partial charge in [0.25, 0.3) is 5.69 Å². The van der Waals surface area contributed by atoms with Gasteiger partial charge in [0, 0.05) is 48.4 Å². The molecule has 0 saturated heterocycles. The molecule has 0 amide bonds. The Bertz CT molecular complexity index is 572. The van der Waals surface area contributed by atoms with E-state index in [1.54, 1.807) is 12.3 Å². The van der Waals surface area contributed by atoms with E-state index in [-0.39, 0.29) is 5.69 Å². The molecule has 0 atom stereocenters. The van der Waals surface area contributed by atoms with E-state index in [4.69, 9.17) is 5.73 Å². The zero-order valence-corrected chi connectivity index (χ0v) is 10.2. The van der Waals surface area contributed by atoms with Crippen LogP contribution in [0.15, 0.2) is 42.6 Å². The molecule has 0 saturated carbocycles. The third-order valence-electron chi connectivity index (χ3n) is 2.59. The van der Waals surface area contributed by atoms with Crippen molar-refractivity contribution >= 4 is 17.1 Å². The Labute approximate surface area is 110 Å². The molecule has 0 unspecified atom stereocenters. The van der Waals surface area contributed by atoms with Gasteiger partial charge in [-0.1, -0.05) is 6.07 Å². The summed E-state index contributed by atoms with van der Waals surface area (Å²) in [6, 6.07) is 10.2. The topological polar surface area (TPSA) is 94.1 Å². The van der Waals surface area contributed by atoms with E-state index in [1.165, 1.54) is 12.1 Å². The molecule has 0 aliphatic heterocycles. The lowest BCUT2D eigenvalue weighted by Gasteiger charge is -2.07. The van der Waals surface area contributed by atoms with E-state index < -0.39 is 4.92 Å². The van der Waals surface area contributed by atoms with E-state index in [1.807, 2.05) is 18.2 Å². The van der Waals surface area contributed by atoms with Gasteiger partial charge in [0.05, 0.1) is 4.92 Å². The lowest BCUT2D eigenvalue weighted by atomic mass is 10.2. The molecule has 0 fully saturated rings. The highest BCUT2D eigenvalue weighted by Gasteiger charge is 2.08. The number of nitrogen functional groups attached to an aromatic ring is 1. The molecule has 98 valence electrons. The van der Waals surface area contributed by atoms with E-state index in [9.17, 15) is 10.1 Å². The fourth-order valence-electron chi connectivity index (χ4n) is 1.72. The predicted molar refractivity (Wildman–Crippen MR) is 73.9 cm³/mol. The monoisotopic (exact) mass is 258 g/mol. The van der Waals surface area contributed by atoms with Crippen LogP contribution in [0, 0.1) is 10.1 Å². The number of nitro benzene ring substituents is 1. The van der Waals surface area contributed by atoms with Gasteiger partial charge >= 0.3 is 0 Å². The van der Waals surface area contributed by atoms with Crippen LogP contribution in [0.4, 0.5) is 17.1 Å². The molecular formula is C13H14N4O2. The first-order valence-electron chi connectivity index (χ1n) is 5.84. The van der Waals surface area contributed by atoms with E-state index in [2.05, 4.69) is 10.3 Å². The van der Waals surface area contributed by atoms with E-state index in [0.29, 0.717) is 17.9 Å². The largest absolute Gasteiger partial charge is 0.398 e. The first-order chi connectivity index (χ1) is 9.15. The number of hydrogen-bond acceptors (Lipinski definition) is 5. The third-order valence-corrected chi connectivity index (χ3v) is 2.59. The summed E-state index contributed by atoms with van der Waals surface area (Å²) in [7, 11) is 0. The summed E-state index contributed by atoms with van der Waals surface area (Å²) in [5.74, 6) is 0. The molecule has 1 aromatic heterocycles. The number of nitrogens with two attached hydrogens (primary N) is 1. The Balaban J connectivity index is 1.98. The standard InChI is InChI=1S/C13H14N4O2/c14-10-7-12(9-13(8-10)17(18)19)16-6-4-11-3-1-2-5-15-11/h1-3,5,7-9,16H,4,6,14H2. The maximum absolute atomic E-state index is 10.7. The highest BCUT2D eigenvalue weighted by molar-refractivity contribution is 5.61. The van der Waals surface area contributed by atoms with Gasteiger partial charge in [-0.05, 0) is 18.2 Å². The average molecular weight is 258 g/mol. The van der Waals surface area contributed by atoms with Crippen molar-refractivity contribution in [3.05, 3.63) is 58.4 Å². The number of nitrogens with one attached hydrogen (secondary N) is 1. The molecule has 0 spiro atoms. The minimum absolute atomic E-state index is 0.0136. The van der Waals surface area contributed by atoms with Gasteiger partial charge in [0.1, 0.15) is 0 Å². The Morgan fingerprint density at radius 2 is 2.16 bits per heavy atom. The summed E-state index contributed by atoms with van der Waals surface area (Å²) in [6.07, 6.45) is 2.48. The second-order valence-electron chi connectivity index (χ2n) is 4.07. The van der Waals surface area contributed by atoms with Gasteiger partial charge in [-0.2, -0.15) is 0 Å². The van der Waals surface area contributed by atoms with Crippen LogP contribution in [0.5, 0.6) is 0 Å². The molecule has 0 aliphatic rings. The number of nitrogens with zero attached hydrogens (tertiary/aromatic N) is 2. The summed E-state index contributed by atoms with van der Waals surface area (Å²) in [5.41, 5.74) is 7.59. The summed E-state index contributed by atoms with van der Waals surface area (Å²) in [6.45, 7) is 0.637. The summed E-state index contributed by atoms with van der Waals surface area (Å²) >= 11 is 0. The van der Waals surface area contributed by atoms with Gasteiger partial charge in [-0.25, -0.2) is 0 Å². The Kier molecular flexibility index (Phi) is 3.92.